The molecule has 3 atom stereocenters. The van der Waals surface area contributed by atoms with Gasteiger partial charge in [-0.15, -0.1) is 0 Å². The van der Waals surface area contributed by atoms with E-state index in [2.05, 4.69) is 14.2 Å². The van der Waals surface area contributed by atoms with E-state index in [1.807, 2.05) is 0 Å². The van der Waals surface area contributed by atoms with Crippen molar-refractivity contribution in [2.24, 2.45) is 21.7 Å². The molecule has 3 N–H and O–H groups in total. The zero-order valence-corrected chi connectivity index (χ0v) is 45.1. The second-order valence-electron chi connectivity index (χ2n) is 24.4. The Morgan fingerprint density at radius 1 is 0.220 bits per heavy atom. The highest BCUT2D eigenvalue weighted by Gasteiger charge is 3.29. The second kappa shape index (κ2) is 17.9. The molecular formula is C43H19F51O6. The number of rotatable bonds is 17. The van der Waals surface area contributed by atoms with Crippen LogP contribution in [0.1, 0.15) is 19.8 Å². The van der Waals surface area contributed by atoms with Crippen molar-refractivity contribution in [1.82, 2.24) is 0 Å². The fourth-order valence-electron chi connectivity index (χ4n) is 16.1. The van der Waals surface area contributed by atoms with Gasteiger partial charge >= 0.3 is 176 Å². The number of aliphatic hydroxyl groups is 3. The lowest BCUT2D eigenvalue weighted by Gasteiger charge is -2.75. The highest BCUT2D eigenvalue weighted by atomic mass is 19.4. The lowest BCUT2D eigenvalue weighted by atomic mass is 9.36. The SMILES string of the molecule is CCCC(C(O)COC(F)(F)C12C(F)(F)C3(F)C(F)(F)C(F)(C(F)(F)C(F)(C3(F)F)C1(F)F)C2(F)F)(C(O)COC(F)(F)C12C(F)(F)C3(F)C(F)(F)C(F)(C(F)(F)C(F)(C3(F)F)C1(F)F)C2(F)F)C(O)COC(F)(F)C12C(F)(F)C3(F)C(F)(F)C(F)(C(F)(F)C(F)(C3(F)F)C1(F)F)C2(F)F. The van der Waals surface area contributed by atoms with Crippen molar-refractivity contribution >= 4 is 0 Å². The topological polar surface area (TPSA) is 88.4 Å². The number of halogens is 51. The molecule has 0 aromatic rings. The molecule has 57 heteroatoms. The van der Waals surface area contributed by atoms with Crippen LogP contribution in [0.25, 0.3) is 0 Å². The normalized spacial score (nSPS) is 47.0. The Balaban J connectivity index is 1.25. The molecule has 0 aliphatic heterocycles. The second-order valence-corrected chi connectivity index (χ2v) is 24.4. The zero-order chi connectivity index (χ0) is 79.4. The molecule has 12 fully saturated rings. The van der Waals surface area contributed by atoms with Crippen molar-refractivity contribution in [3.63, 3.8) is 0 Å². The smallest absolute Gasteiger partial charge is 0.379 e. The first-order valence-corrected chi connectivity index (χ1v) is 25.3. The van der Waals surface area contributed by atoms with Crippen LogP contribution in [0.4, 0.5) is 224 Å². The third-order valence-electron chi connectivity index (χ3n) is 21.0. The van der Waals surface area contributed by atoms with Gasteiger partial charge in [0.25, 0.3) is 16.2 Å². The Bertz CT molecular complexity index is 2780. The van der Waals surface area contributed by atoms with Crippen molar-refractivity contribution in [3.05, 3.63) is 0 Å². The maximum Gasteiger partial charge on any atom is 0.379 e. The standard InChI is InChI=1S/C43H19F51O6/c1-2-3-10(7(95)4-98-41(89,90)11-23(53,54)14(44)32(71,72)15(45,24(11,55)56)34(75,76)16(46,25(11,57)58)33(14,73)74,8(96)5-99-42(91,92)12-26(59,60)17(47)35(77,78)18(48,27(12,61)62)37(81,82)19(49,28(12,63)64)36(17,79)80)9(97)6-100-43(93,94)13-29(65,66)20(50)38(83,84)21(51,30(13,67)68)40(87,88)22(52,31(13,69)70)39(20,85)86/h7-9,95-97H,2-6H2,1H3. The van der Waals surface area contributed by atoms with E-state index in [-0.39, 0.29) is 6.92 Å². The molecule has 0 spiro atoms. The number of alkyl halides is 51. The summed E-state index contributed by atoms with van der Waals surface area (Å²) in [6, 6.07) is 0. The molecule has 100 heavy (non-hydrogen) atoms. The lowest BCUT2D eigenvalue weighted by Crippen LogP contribution is -3.09. The fourth-order valence-corrected chi connectivity index (χ4v) is 16.1. The average Bonchev–Trinajstić information content (AvgIpc) is 0.599. The van der Waals surface area contributed by atoms with Gasteiger partial charge in [-0.05, 0) is 6.42 Å². The molecule has 12 bridgehead atoms. The summed E-state index contributed by atoms with van der Waals surface area (Å²) in [5.74, 6) is -168. The molecule has 12 saturated carbocycles. The summed E-state index contributed by atoms with van der Waals surface area (Å²) in [6.07, 6.45) is -49.8. The minimum Gasteiger partial charge on any atom is -0.390 e. The molecule has 0 aromatic carbocycles. The summed E-state index contributed by atoms with van der Waals surface area (Å²) in [5.41, 5.74) is -118. The predicted molar refractivity (Wildman–Crippen MR) is 199 cm³/mol. The van der Waals surface area contributed by atoms with Gasteiger partial charge in [0.1, 0.15) is 0 Å². The van der Waals surface area contributed by atoms with E-state index in [0.29, 0.717) is 0 Å². The first kappa shape index (κ1) is 80.3. The zero-order valence-electron chi connectivity index (χ0n) is 45.1. The number of hydrogen-bond acceptors (Lipinski definition) is 6. The largest absolute Gasteiger partial charge is 0.390 e. The summed E-state index contributed by atoms with van der Waals surface area (Å²) < 4.78 is 809. The maximum absolute atomic E-state index is 16.4. The van der Waals surface area contributed by atoms with Gasteiger partial charge in [-0.2, -0.15) is 105 Å². The highest BCUT2D eigenvalue weighted by Crippen LogP contribution is 2.97. The summed E-state index contributed by atoms with van der Waals surface area (Å²) in [6.45, 7) is -14.2. The number of ether oxygens (including phenoxy) is 3. The minimum atomic E-state index is -9.54. The third kappa shape index (κ3) is 5.46. The van der Waals surface area contributed by atoms with Crippen LogP contribution in [0.3, 0.4) is 0 Å². The molecule has 584 valence electrons. The van der Waals surface area contributed by atoms with Crippen molar-refractivity contribution < 1.29 is 253 Å². The van der Waals surface area contributed by atoms with Gasteiger partial charge < -0.3 is 29.5 Å². The van der Waals surface area contributed by atoms with Crippen LogP contribution in [-0.4, -0.2) is 229 Å². The van der Waals surface area contributed by atoms with Gasteiger partial charge in [0.2, 0.25) is 0 Å². The van der Waals surface area contributed by atoms with E-state index in [1.165, 1.54) is 0 Å². The van der Waals surface area contributed by atoms with Crippen LogP contribution in [0, 0.1) is 21.7 Å². The Morgan fingerprint density at radius 2 is 0.330 bits per heavy atom. The Labute approximate surface area is 509 Å². The van der Waals surface area contributed by atoms with E-state index in [0.717, 1.165) is 0 Å². The van der Waals surface area contributed by atoms with E-state index in [4.69, 9.17) is 0 Å². The van der Waals surface area contributed by atoms with Gasteiger partial charge in [-0.1, -0.05) is 13.3 Å². The first-order chi connectivity index (χ1) is 43.2. The highest BCUT2D eigenvalue weighted by molar-refractivity contribution is 5.57. The summed E-state index contributed by atoms with van der Waals surface area (Å²) in [5, 5.41) is 33.3. The number of hydrogen-bond donors (Lipinski definition) is 3. The Kier molecular flexibility index (Phi) is 14.4. The van der Waals surface area contributed by atoms with Gasteiger partial charge in [0, 0.05) is 0 Å². The third-order valence-corrected chi connectivity index (χ3v) is 21.0. The van der Waals surface area contributed by atoms with Crippen LogP contribution < -0.4 is 0 Å². The van der Waals surface area contributed by atoms with Gasteiger partial charge in [-0.25, -0.2) is 119 Å². The molecule has 3 unspecified atom stereocenters. The molecule has 0 saturated heterocycles. The van der Waals surface area contributed by atoms with Crippen molar-refractivity contribution in [3.8, 4) is 0 Å². The van der Waals surface area contributed by atoms with Crippen LogP contribution >= 0.6 is 0 Å². The number of aliphatic hydroxyl groups excluding tert-OH is 3. The van der Waals surface area contributed by atoms with E-state index < -0.39 is 249 Å². The average molecular weight is 1600 g/mol. The van der Waals surface area contributed by atoms with Gasteiger partial charge in [-0.3, -0.25) is 0 Å². The molecule has 12 rings (SSSR count). The summed E-state index contributed by atoms with van der Waals surface area (Å²) in [7, 11) is 0. The van der Waals surface area contributed by atoms with Crippen LogP contribution in [0.15, 0.2) is 0 Å². The van der Waals surface area contributed by atoms with E-state index in [1.54, 1.807) is 0 Å². The monoisotopic (exact) mass is 1600 g/mol. The molecular weight excluding hydrogens is 1580 g/mol. The van der Waals surface area contributed by atoms with E-state index >= 15 is 224 Å². The van der Waals surface area contributed by atoms with Crippen molar-refractivity contribution in [2.75, 3.05) is 19.8 Å². The molecule has 0 amide bonds. The van der Waals surface area contributed by atoms with Gasteiger partial charge in [0.15, 0.2) is 0 Å². The quantitative estimate of drug-likeness (QED) is 0.126. The first-order valence-electron chi connectivity index (χ1n) is 25.3. The molecule has 0 heterocycles. The van der Waals surface area contributed by atoms with Gasteiger partial charge in [0.05, 0.1) is 43.5 Å². The predicted octanol–water partition coefficient (Wildman–Crippen LogP) is 14.6. The van der Waals surface area contributed by atoms with Crippen molar-refractivity contribution in [1.29, 1.82) is 0 Å². The van der Waals surface area contributed by atoms with Crippen LogP contribution in [-0.2, 0) is 14.2 Å². The molecule has 12 aliphatic carbocycles. The summed E-state index contributed by atoms with van der Waals surface area (Å²) in [4.78, 5) is 0. The molecule has 0 radical (unpaired) electrons. The van der Waals surface area contributed by atoms with Crippen LogP contribution in [0.2, 0.25) is 0 Å². The van der Waals surface area contributed by atoms with Crippen molar-refractivity contribution in [2.45, 2.75) is 214 Å². The Hall–Kier alpha value is -3.81. The maximum atomic E-state index is 16.4. The summed E-state index contributed by atoms with van der Waals surface area (Å²) >= 11 is 0. The molecule has 12 aliphatic rings. The van der Waals surface area contributed by atoms with E-state index in [9.17, 15) is 15.3 Å². The minimum absolute atomic E-state index is 0.194. The van der Waals surface area contributed by atoms with Crippen LogP contribution in [0.5, 0.6) is 0 Å². The molecule has 0 aromatic heterocycles. The lowest BCUT2D eigenvalue weighted by molar-refractivity contribution is -0.641. The molecule has 6 nitrogen and oxygen atoms in total. The Morgan fingerprint density at radius 3 is 0.430 bits per heavy atom. The fraction of sp³-hybridized carbons (Fsp3) is 1.00.